The zero-order chi connectivity index (χ0) is 6.81. The standard InChI is InChI=1S/C10H8.2BrH/c1-2-6-10-8-4-3-7-9(10)5-1;;/h1-8H;2*1H/p-2. The smallest absolute Gasteiger partial charge is 0.0184 e. The summed E-state index contributed by atoms with van der Waals surface area (Å²) < 4.78 is 0. The second-order valence-electron chi connectivity index (χ2n) is 2.35. The van der Waals surface area contributed by atoms with Gasteiger partial charge in [-0.2, -0.15) is 0 Å². The molecule has 0 saturated carbocycles. The number of hydrogen-bond acceptors (Lipinski definition) is 0. The van der Waals surface area contributed by atoms with Gasteiger partial charge in [0, 0.05) is 0 Å². The molecule has 0 nitrogen and oxygen atoms in total. The highest BCUT2D eigenvalue weighted by Crippen LogP contribution is 2.11. The summed E-state index contributed by atoms with van der Waals surface area (Å²) in [6.45, 7) is 0. The summed E-state index contributed by atoms with van der Waals surface area (Å²) in [5, 5.41) is 2.62. The van der Waals surface area contributed by atoms with E-state index in [1.54, 1.807) is 0 Å². The number of hydrogen-bond donors (Lipinski definition) is 0. The van der Waals surface area contributed by atoms with Gasteiger partial charge in [-0.3, -0.25) is 0 Å². The Morgan fingerprint density at radius 3 is 1.00 bits per heavy atom. The van der Waals surface area contributed by atoms with E-state index in [1.807, 2.05) is 0 Å². The Labute approximate surface area is 93.1 Å². The van der Waals surface area contributed by atoms with Gasteiger partial charge in [-0.25, -0.2) is 0 Å². The summed E-state index contributed by atoms with van der Waals surface area (Å²) in [5.74, 6) is 0. The van der Waals surface area contributed by atoms with Crippen LogP contribution >= 0.6 is 0 Å². The van der Waals surface area contributed by atoms with Crippen molar-refractivity contribution >= 4 is 10.8 Å². The van der Waals surface area contributed by atoms with Crippen LogP contribution in [0.2, 0.25) is 0 Å². The molecule has 0 N–H and O–H groups in total. The SMILES string of the molecule is [Br-].[Br-].c1ccc2ccccc2c1. The maximum atomic E-state index is 2.12. The Bertz CT molecular complexity index is 279. The fourth-order valence-corrected chi connectivity index (χ4v) is 1.13. The Kier molecular flexibility index (Phi) is 5.18. The predicted octanol–water partition coefficient (Wildman–Crippen LogP) is -3.15. The monoisotopic (exact) mass is 286 g/mol. The molecule has 2 aromatic carbocycles. The third kappa shape index (κ3) is 2.32. The van der Waals surface area contributed by atoms with Gasteiger partial charge < -0.3 is 34.0 Å². The van der Waals surface area contributed by atoms with Crippen LogP contribution in [0.15, 0.2) is 48.5 Å². The van der Waals surface area contributed by atoms with E-state index in [2.05, 4.69) is 48.5 Å². The molecule has 0 radical (unpaired) electrons. The summed E-state index contributed by atoms with van der Waals surface area (Å²) in [4.78, 5) is 0. The van der Waals surface area contributed by atoms with Crippen molar-refractivity contribution in [2.24, 2.45) is 0 Å². The number of halogens is 2. The van der Waals surface area contributed by atoms with E-state index in [9.17, 15) is 0 Å². The zero-order valence-electron chi connectivity index (χ0n) is 6.37. The minimum Gasteiger partial charge on any atom is -1.00 e. The van der Waals surface area contributed by atoms with E-state index in [0.717, 1.165) is 0 Å². The number of fused-ring (bicyclic) bond motifs is 1. The van der Waals surface area contributed by atoms with E-state index < -0.39 is 0 Å². The van der Waals surface area contributed by atoms with Crippen molar-refractivity contribution in [1.82, 2.24) is 0 Å². The van der Waals surface area contributed by atoms with Crippen molar-refractivity contribution < 1.29 is 34.0 Å². The van der Waals surface area contributed by atoms with E-state index in [0.29, 0.717) is 0 Å². The predicted molar refractivity (Wildman–Crippen MR) is 43.9 cm³/mol. The molecule has 0 heterocycles. The van der Waals surface area contributed by atoms with Crippen LogP contribution in [-0.4, -0.2) is 0 Å². The third-order valence-corrected chi connectivity index (χ3v) is 1.66. The Hall–Kier alpha value is -0.340. The van der Waals surface area contributed by atoms with Gasteiger partial charge in [0.15, 0.2) is 0 Å². The van der Waals surface area contributed by atoms with Gasteiger partial charge in [0.2, 0.25) is 0 Å². The first-order valence-corrected chi connectivity index (χ1v) is 3.40. The molecule has 12 heavy (non-hydrogen) atoms. The second-order valence-corrected chi connectivity index (χ2v) is 2.35. The second kappa shape index (κ2) is 5.33. The van der Waals surface area contributed by atoms with Crippen LogP contribution < -0.4 is 34.0 Å². The first-order valence-electron chi connectivity index (χ1n) is 3.40. The van der Waals surface area contributed by atoms with Gasteiger partial charge >= 0.3 is 0 Å². The van der Waals surface area contributed by atoms with Gasteiger partial charge in [-0.05, 0) is 10.8 Å². The molecule has 0 saturated heterocycles. The Morgan fingerprint density at radius 2 is 0.750 bits per heavy atom. The van der Waals surface area contributed by atoms with Crippen molar-refractivity contribution in [3.8, 4) is 0 Å². The van der Waals surface area contributed by atoms with Crippen LogP contribution in [0.1, 0.15) is 0 Å². The summed E-state index contributed by atoms with van der Waals surface area (Å²) in [6.07, 6.45) is 0. The van der Waals surface area contributed by atoms with Gasteiger partial charge in [-0.15, -0.1) is 0 Å². The normalized spacial score (nSPS) is 8.33. The van der Waals surface area contributed by atoms with E-state index in [-0.39, 0.29) is 34.0 Å². The van der Waals surface area contributed by atoms with Crippen LogP contribution in [0.25, 0.3) is 10.8 Å². The maximum Gasteiger partial charge on any atom is -0.0184 e. The lowest BCUT2D eigenvalue weighted by Gasteiger charge is -1.92. The average Bonchev–Trinajstić information content (AvgIpc) is 2.05. The largest absolute Gasteiger partial charge is 1.00 e. The lowest BCUT2D eigenvalue weighted by molar-refractivity contribution is -0.00100. The molecule has 0 aliphatic rings. The third-order valence-electron chi connectivity index (χ3n) is 1.66. The molecule has 0 fully saturated rings. The molecule has 0 bridgehead atoms. The highest BCUT2D eigenvalue weighted by atomic mass is 79.9. The van der Waals surface area contributed by atoms with Gasteiger partial charge in [-0.1, -0.05) is 48.5 Å². The molecule has 64 valence electrons. The van der Waals surface area contributed by atoms with Crippen molar-refractivity contribution in [1.29, 1.82) is 0 Å². The Balaban J connectivity index is 0.000000605. The number of rotatable bonds is 0. The summed E-state index contributed by atoms with van der Waals surface area (Å²) in [7, 11) is 0. The van der Waals surface area contributed by atoms with Crippen molar-refractivity contribution in [2.75, 3.05) is 0 Å². The Morgan fingerprint density at radius 1 is 0.500 bits per heavy atom. The molecule has 0 amide bonds. The quantitative estimate of drug-likeness (QED) is 0.480. The maximum absolute atomic E-state index is 2.12. The molecule has 0 aromatic heterocycles. The molecule has 2 heteroatoms. The van der Waals surface area contributed by atoms with Gasteiger partial charge in [0.05, 0.1) is 0 Å². The van der Waals surface area contributed by atoms with Crippen LogP contribution in [-0.2, 0) is 0 Å². The van der Waals surface area contributed by atoms with Gasteiger partial charge in [0.1, 0.15) is 0 Å². The lowest BCUT2D eigenvalue weighted by Crippen LogP contribution is -3.00. The van der Waals surface area contributed by atoms with Crippen LogP contribution in [0, 0.1) is 0 Å². The van der Waals surface area contributed by atoms with Crippen LogP contribution in [0.4, 0.5) is 0 Å². The summed E-state index contributed by atoms with van der Waals surface area (Å²) in [6, 6.07) is 16.7. The molecule has 0 aliphatic heterocycles. The summed E-state index contributed by atoms with van der Waals surface area (Å²) >= 11 is 0. The topological polar surface area (TPSA) is 0 Å². The molecular weight excluding hydrogens is 280 g/mol. The minimum absolute atomic E-state index is 0. The molecule has 2 rings (SSSR count). The highest BCUT2D eigenvalue weighted by molar-refractivity contribution is 5.81. The van der Waals surface area contributed by atoms with Crippen molar-refractivity contribution in [3.05, 3.63) is 48.5 Å². The molecule has 0 unspecified atom stereocenters. The fourth-order valence-electron chi connectivity index (χ4n) is 1.13. The van der Waals surface area contributed by atoms with E-state index in [4.69, 9.17) is 0 Å². The van der Waals surface area contributed by atoms with Crippen LogP contribution in [0.5, 0.6) is 0 Å². The first-order chi connectivity index (χ1) is 4.97. The minimum atomic E-state index is 0. The average molecular weight is 288 g/mol. The molecule has 0 aliphatic carbocycles. The van der Waals surface area contributed by atoms with E-state index in [1.165, 1.54) is 10.8 Å². The first kappa shape index (κ1) is 11.7. The van der Waals surface area contributed by atoms with Crippen molar-refractivity contribution in [2.45, 2.75) is 0 Å². The fraction of sp³-hybridized carbons (Fsp3) is 0. The molecule has 2 aromatic rings. The molecule has 0 atom stereocenters. The van der Waals surface area contributed by atoms with E-state index >= 15 is 0 Å². The molecular formula is C10H8Br2-2. The van der Waals surface area contributed by atoms with Crippen LogP contribution in [0.3, 0.4) is 0 Å². The van der Waals surface area contributed by atoms with Crippen molar-refractivity contribution in [3.63, 3.8) is 0 Å². The highest BCUT2D eigenvalue weighted by Gasteiger charge is 1.85. The zero-order valence-corrected chi connectivity index (χ0v) is 9.55. The summed E-state index contributed by atoms with van der Waals surface area (Å²) in [5.41, 5.74) is 0. The van der Waals surface area contributed by atoms with Gasteiger partial charge in [0.25, 0.3) is 0 Å². The number of benzene rings is 2. The molecule has 0 spiro atoms. The lowest BCUT2D eigenvalue weighted by atomic mass is 10.1.